The topological polar surface area (TPSA) is 36.4 Å². The van der Waals surface area contributed by atoms with Crippen LogP contribution in [0.3, 0.4) is 0 Å². The lowest BCUT2D eigenvalue weighted by atomic mass is 10.1. The second kappa shape index (κ2) is 11.0. The van der Waals surface area contributed by atoms with E-state index in [4.69, 9.17) is 0 Å². The number of nitrogens with zero attached hydrogens (tertiary/aromatic N) is 1. The molecule has 0 spiro atoms. The largest absolute Gasteiger partial charge is 0.356 e. The molecule has 0 aliphatic carbocycles. The SMILES string of the molecule is CN=C(NCCCc1ccccc1)NCc1cc(F)ccc1F.I. The molecule has 24 heavy (non-hydrogen) atoms. The Morgan fingerprint density at radius 3 is 2.50 bits per heavy atom. The average molecular weight is 445 g/mol. The van der Waals surface area contributed by atoms with Crippen LogP contribution >= 0.6 is 24.0 Å². The smallest absolute Gasteiger partial charge is 0.191 e. The maximum absolute atomic E-state index is 13.6. The fourth-order valence-electron chi connectivity index (χ4n) is 2.22. The predicted molar refractivity (Wildman–Crippen MR) is 105 cm³/mol. The van der Waals surface area contributed by atoms with Crippen molar-refractivity contribution >= 4 is 29.9 Å². The molecule has 0 fully saturated rings. The predicted octanol–water partition coefficient (Wildman–Crippen LogP) is 3.88. The van der Waals surface area contributed by atoms with Crippen LogP contribution in [0.4, 0.5) is 8.78 Å². The van der Waals surface area contributed by atoms with E-state index in [1.54, 1.807) is 7.05 Å². The molecule has 0 aliphatic heterocycles. The van der Waals surface area contributed by atoms with E-state index in [1.807, 2.05) is 18.2 Å². The summed E-state index contributed by atoms with van der Waals surface area (Å²) in [5.41, 5.74) is 1.57. The molecule has 0 atom stereocenters. The van der Waals surface area contributed by atoms with Crippen molar-refractivity contribution in [3.05, 3.63) is 71.3 Å². The molecule has 0 amide bonds. The van der Waals surface area contributed by atoms with Gasteiger partial charge in [0.2, 0.25) is 0 Å². The summed E-state index contributed by atoms with van der Waals surface area (Å²) in [5.74, 6) is -0.311. The molecule has 2 aromatic rings. The summed E-state index contributed by atoms with van der Waals surface area (Å²) < 4.78 is 26.7. The van der Waals surface area contributed by atoms with Crippen LogP contribution in [-0.2, 0) is 13.0 Å². The van der Waals surface area contributed by atoms with E-state index in [2.05, 4.69) is 27.8 Å². The highest BCUT2D eigenvalue weighted by Gasteiger charge is 2.05. The molecular formula is C18H22F2IN3. The number of aliphatic imine (C=N–C) groups is 1. The maximum atomic E-state index is 13.6. The molecule has 2 N–H and O–H groups in total. The van der Waals surface area contributed by atoms with E-state index in [0.717, 1.165) is 31.5 Å². The molecule has 2 aromatic carbocycles. The minimum atomic E-state index is -0.450. The summed E-state index contributed by atoms with van der Waals surface area (Å²) in [6.07, 6.45) is 1.93. The molecule has 130 valence electrons. The summed E-state index contributed by atoms with van der Waals surface area (Å²) in [6, 6.07) is 13.7. The Morgan fingerprint density at radius 2 is 1.79 bits per heavy atom. The van der Waals surface area contributed by atoms with Crippen molar-refractivity contribution < 1.29 is 8.78 Å². The first-order chi connectivity index (χ1) is 11.2. The quantitative estimate of drug-likeness (QED) is 0.307. The Morgan fingerprint density at radius 1 is 1.04 bits per heavy atom. The standard InChI is InChI=1S/C18H21F2N3.HI/c1-21-18(22-11-5-8-14-6-3-2-4-7-14)23-13-15-12-16(19)9-10-17(15)20;/h2-4,6-7,9-10,12H,5,8,11,13H2,1H3,(H2,21,22,23);1H. The lowest BCUT2D eigenvalue weighted by Crippen LogP contribution is -2.37. The van der Waals surface area contributed by atoms with Gasteiger partial charge in [-0.2, -0.15) is 0 Å². The number of nitrogens with one attached hydrogen (secondary N) is 2. The van der Waals surface area contributed by atoms with Gasteiger partial charge in [-0.15, -0.1) is 24.0 Å². The zero-order valence-corrected chi connectivity index (χ0v) is 15.9. The minimum Gasteiger partial charge on any atom is -0.356 e. The Labute approximate surface area is 158 Å². The van der Waals surface area contributed by atoms with Crippen LogP contribution in [0.25, 0.3) is 0 Å². The molecule has 0 saturated heterocycles. The highest BCUT2D eigenvalue weighted by Crippen LogP contribution is 2.09. The summed E-state index contributed by atoms with van der Waals surface area (Å²) in [7, 11) is 1.65. The van der Waals surface area contributed by atoms with Gasteiger partial charge in [-0.05, 0) is 36.6 Å². The fraction of sp³-hybridized carbons (Fsp3) is 0.278. The Hall–Kier alpha value is -1.70. The van der Waals surface area contributed by atoms with Gasteiger partial charge in [0.15, 0.2) is 5.96 Å². The third-order valence-electron chi connectivity index (χ3n) is 3.46. The van der Waals surface area contributed by atoms with Crippen molar-refractivity contribution in [3.63, 3.8) is 0 Å². The maximum Gasteiger partial charge on any atom is 0.191 e. The van der Waals surface area contributed by atoms with Crippen LogP contribution in [0, 0.1) is 11.6 Å². The number of guanidine groups is 1. The first kappa shape index (κ1) is 20.3. The van der Waals surface area contributed by atoms with Gasteiger partial charge < -0.3 is 10.6 Å². The van der Waals surface area contributed by atoms with Crippen LogP contribution in [0.5, 0.6) is 0 Å². The van der Waals surface area contributed by atoms with Gasteiger partial charge in [-0.1, -0.05) is 30.3 Å². The van der Waals surface area contributed by atoms with E-state index < -0.39 is 11.6 Å². The second-order valence-electron chi connectivity index (χ2n) is 5.18. The van der Waals surface area contributed by atoms with Crippen molar-refractivity contribution in [3.8, 4) is 0 Å². The fourth-order valence-corrected chi connectivity index (χ4v) is 2.22. The normalized spacial score (nSPS) is 10.9. The Bertz CT molecular complexity index is 648. The molecule has 0 unspecified atom stereocenters. The number of hydrogen-bond acceptors (Lipinski definition) is 1. The average Bonchev–Trinajstić information content (AvgIpc) is 2.58. The van der Waals surface area contributed by atoms with Gasteiger partial charge in [-0.25, -0.2) is 8.78 Å². The van der Waals surface area contributed by atoms with Gasteiger partial charge in [0.1, 0.15) is 11.6 Å². The van der Waals surface area contributed by atoms with Crippen molar-refractivity contribution in [1.82, 2.24) is 10.6 Å². The molecule has 3 nitrogen and oxygen atoms in total. The van der Waals surface area contributed by atoms with Gasteiger partial charge in [-0.3, -0.25) is 4.99 Å². The van der Waals surface area contributed by atoms with Crippen LogP contribution < -0.4 is 10.6 Å². The summed E-state index contributed by atoms with van der Waals surface area (Å²) in [4.78, 5) is 4.08. The molecule has 2 rings (SSSR count). The highest BCUT2D eigenvalue weighted by atomic mass is 127. The number of benzene rings is 2. The van der Waals surface area contributed by atoms with E-state index in [0.29, 0.717) is 5.96 Å². The van der Waals surface area contributed by atoms with Crippen molar-refractivity contribution in [2.75, 3.05) is 13.6 Å². The van der Waals surface area contributed by atoms with E-state index in [9.17, 15) is 8.78 Å². The van der Waals surface area contributed by atoms with Gasteiger partial charge in [0.05, 0.1) is 0 Å². The number of aryl methyl sites for hydroxylation is 1. The number of rotatable bonds is 6. The first-order valence-electron chi connectivity index (χ1n) is 7.61. The van der Waals surface area contributed by atoms with Gasteiger partial charge in [0, 0.05) is 25.7 Å². The van der Waals surface area contributed by atoms with Crippen molar-refractivity contribution in [2.24, 2.45) is 4.99 Å². The van der Waals surface area contributed by atoms with E-state index in [1.165, 1.54) is 11.6 Å². The van der Waals surface area contributed by atoms with Crippen LogP contribution in [0.2, 0.25) is 0 Å². The molecule has 6 heteroatoms. The lowest BCUT2D eigenvalue weighted by molar-refractivity contribution is 0.581. The van der Waals surface area contributed by atoms with Crippen LogP contribution in [0.1, 0.15) is 17.5 Å². The molecule has 0 bridgehead atoms. The third kappa shape index (κ3) is 6.82. The molecule has 0 aliphatic rings. The Kier molecular flexibility index (Phi) is 9.29. The number of hydrogen-bond donors (Lipinski definition) is 2. The van der Waals surface area contributed by atoms with E-state index in [-0.39, 0.29) is 36.1 Å². The van der Waals surface area contributed by atoms with Crippen molar-refractivity contribution in [1.29, 1.82) is 0 Å². The lowest BCUT2D eigenvalue weighted by Gasteiger charge is -2.12. The Balaban J connectivity index is 0.00000288. The summed E-state index contributed by atoms with van der Waals surface area (Å²) in [5, 5.41) is 6.15. The second-order valence-corrected chi connectivity index (χ2v) is 5.18. The molecule has 0 saturated carbocycles. The summed E-state index contributed by atoms with van der Waals surface area (Å²) >= 11 is 0. The molecule has 0 aromatic heterocycles. The zero-order valence-electron chi connectivity index (χ0n) is 13.6. The van der Waals surface area contributed by atoms with Gasteiger partial charge in [0.25, 0.3) is 0 Å². The number of halogens is 3. The highest BCUT2D eigenvalue weighted by molar-refractivity contribution is 14.0. The first-order valence-corrected chi connectivity index (χ1v) is 7.61. The van der Waals surface area contributed by atoms with Crippen molar-refractivity contribution in [2.45, 2.75) is 19.4 Å². The zero-order chi connectivity index (χ0) is 16.5. The monoisotopic (exact) mass is 445 g/mol. The molecular weight excluding hydrogens is 423 g/mol. The van der Waals surface area contributed by atoms with Gasteiger partial charge >= 0.3 is 0 Å². The third-order valence-corrected chi connectivity index (χ3v) is 3.46. The van der Waals surface area contributed by atoms with Crippen LogP contribution in [0.15, 0.2) is 53.5 Å². The van der Waals surface area contributed by atoms with Crippen LogP contribution in [-0.4, -0.2) is 19.6 Å². The minimum absolute atomic E-state index is 0. The van der Waals surface area contributed by atoms with E-state index >= 15 is 0 Å². The molecule has 0 heterocycles. The summed E-state index contributed by atoms with van der Waals surface area (Å²) in [6.45, 7) is 0.933. The molecule has 0 radical (unpaired) electrons.